The normalized spacial score (nSPS) is 19.1. The van der Waals surface area contributed by atoms with Crippen molar-refractivity contribution in [1.82, 2.24) is 4.90 Å². The molecule has 1 aromatic carbocycles. The van der Waals surface area contributed by atoms with Crippen LogP contribution in [0.5, 0.6) is 0 Å². The van der Waals surface area contributed by atoms with E-state index in [2.05, 4.69) is 18.0 Å². The zero-order valence-corrected chi connectivity index (χ0v) is 10.5. The molecule has 0 aromatic heterocycles. The quantitative estimate of drug-likeness (QED) is 0.663. The first kappa shape index (κ1) is 14.0. The Kier molecular flexibility index (Phi) is 4.50. The van der Waals surface area contributed by atoms with Crippen molar-refractivity contribution in [2.24, 2.45) is 0 Å². The van der Waals surface area contributed by atoms with Crippen LogP contribution in [0.15, 0.2) is 24.3 Å². The third-order valence-electron chi connectivity index (χ3n) is 3.45. The number of halogens is 2. The highest BCUT2D eigenvalue weighted by Crippen LogP contribution is 2.34. The van der Waals surface area contributed by atoms with Crippen LogP contribution in [-0.4, -0.2) is 25.0 Å². The summed E-state index contributed by atoms with van der Waals surface area (Å²) in [6.45, 7) is 1.84. The third kappa shape index (κ3) is 2.77. The van der Waals surface area contributed by atoms with Crippen molar-refractivity contribution < 1.29 is 16.8 Å². The van der Waals surface area contributed by atoms with E-state index in [0.29, 0.717) is 0 Å². The predicted octanol–water partition coefficient (Wildman–Crippen LogP) is -0.683. The maximum atomic E-state index is 12.9. The van der Waals surface area contributed by atoms with Gasteiger partial charge in [-0.1, -0.05) is 12.1 Å². The van der Waals surface area contributed by atoms with Crippen LogP contribution in [0.1, 0.15) is 18.4 Å². The average molecular weight is 254 g/mol. The van der Waals surface area contributed by atoms with E-state index in [1.807, 2.05) is 0 Å². The maximum Gasteiger partial charge on any atom is 0.123 e. The van der Waals surface area contributed by atoms with E-state index in [9.17, 15) is 9.65 Å². The molecule has 1 aliphatic heterocycles. The zero-order valence-electron chi connectivity index (χ0n) is 9.79. The van der Waals surface area contributed by atoms with Crippen LogP contribution in [-0.2, 0) is 5.41 Å². The Morgan fingerprint density at radius 2 is 1.76 bits per heavy atom. The number of nitriles is 1. The molecule has 92 valence electrons. The van der Waals surface area contributed by atoms with Crippen LogP contribution in [0, 0.1) is 17.1 Å². The number of rotatable bonds is 1. The molecule has 2 nitrogen and oxygen atoms in total. The molecule has 0 amide bonds. The smallest absolute Gasteiger partial charge is 0.123 e. The monoisotopic (exact) mass is 253 g/mol. The third-order valence-corrected chi connectivity index (χ3v) is 3.45. The van der Waals surface area contributed by atoms with Gasteiger partial charge in [0.15, 0.2) is 0 Å². The van der Waals surface area contributed by atoms with Gasteiger partial charge in [-0.3, -0.25) is 0 Å². The lowest BCUT2D eigenvalue weighted by atomic mass is 9.74. The number of piperidine rings is 1. The van der Waals surface area contributed by atoms with Gasteiger partial charge < -0.3 is 17.3 Å². The molecule has 0 radical (unpaired) electrons. The highest BCUT2D eigenvalue weighted by molar-refractivity contribution is 5.33. The Bertz CT molecular complexity index is 402. The lowest BCUT2D eigenvalue weighted by Crippen LogP contribution is -3.00. The molecule has 1 fully saturated rings. The van der Waals surface area contributed by atoms with E-state index >= 15 is 0 Å². The maximum absolute atomic E-state index is 12.9. The second-order valence-electron chi connectivity index (χ2n) is 4.50. The van der Waals surface area contributed by atoms with Crippen molar-refractivity contribution in [3.63, 3.8) is 0 Å². The fourth-order valence-electron chi connectivity index (χ4n) is 2.23. The summed E-state index contributed by atoms with van der Waals surface area (Å²) in [6.07, 6.45) is 1.65. The minimum atomic E-state index is -0.416. The summed E-state index contributed by atoms with van der Waals surface area (Å²) >= 11 is 0. The first-order chi connectivity index (χ1) is 7.66. The highest BCUT2D eigenvalue weighted by Gasteiger charge is 2.35. The Morgan fingerprint density at radius 3 is 2.24 bits per heavy atom. The molecule has 0 saturated carbocycles. The van der Waals surface area contributed by atoms with Crippen molar-refractivity contribution in [2.75, 3.05) is 20.1 Å². The van der Waals surface area contributed by atoms with Crippen LogP contribution in [0.25, 0.3) is 0 Å². The fraction of sp³-hybridized carbons (Fsp3) is 0.462. The Labute approximate surface area is 107 Å². The van der Waals surface area contributed by atoms with E-state index in [1.54, 1.807) is 12.1 Å². The summed E-state index contributed by atoms with van der Waals surface area (Å²) in [6, 6.07) is 8.78. The molecule has 1 aliphatic rings. The van der Waals surface area contributed by atoms with Crippen molar-refractivity contribution in [3.8, 4) is 6.07 Å². The minimum absolute atomic E-state index is 0. The molecule has 17 heavy (non-hydrogen) atoms. The minimum Gasteiger partial charge on any atom is -1.00 e. The number of hydrogen-bond donors (Lipinski definition) is 0. The van der Waals surface area contributed by atoms with Crippen molar-refractivity contribution in [3.05, 3.63) is 35.6 Å². The highest BCUT2D eigenvalue weighted by atomic mass is 35.5. The van der Waals surface area contributed by atoms with Crippen LogP contribution in [0.3, 0.4) is 0 Å². The Hall–Kier alpha value is -1.11. The van der Waals surface area contributed by atoms with E-state index in [0.717, 1.165) is 31.5 Å². The summed E-state index contributed by atoms with van der Waals surface area (Å²) in [5.41, 5.74) is 0.532. The molecular formula is C13H15ClFN2-. The van der Waals surface area contributed by atoms with Gasteiger partial charge in [0.05, 0.1) is 11.5 Å². The zero-order chi connectivity index (χ0) is 11.6. The lowest BCUT2D eigenvalue weighted by Gasteiger charge is -2.35. The number of hydrogen-bond acceptors (Lipinski definition) is 2. The van der Waals surface area contributed by atoms with E-state index < -0.39 is 5.41 Å². The van der Waals surface area contributed by atoms with Gasteiger partial charge in [0.2, 0.25) is 0 Å². The van der Waals surface area contributed by atoms with Gasteiger partial charge in [0.25, 0.3) is 0 Å². The average Bonchev–Trinajstić information content (AvgIpc) is 2.32. The molecule has 4 heteroatoms. The van der Waals surface area contributed by atoms with Gasteiger partial charge in [-0.15, -0.1) is 0 Å². The van der Waals surface area contributed by atoms with Gasteiger partial charge >= 0.3 is 0 Å². The molecule has 1 aromatic rings. The van der Waals surface area contributed by atoms with Crippen LogP contribution in [0.2, 0.25) is 0 Å². The first-order valence-corrected chi connectivity index (χ1v) is 5.52. The second kappa shape index (κ2) is 5.48. The van der Waals surface area contributed by atoms with Gasteiger partial charge in [-0.05, 0) is 50.7 Å². The number of benzene rings is 1. The van der Waals surface area contributed by atoms with Crippen molar-refractivity contribution in [2.45, 2.75) is 18.3 Å². The fourth-order valence-corrected chi connectivity index (χ4v) is 2.23. The molecule has 0 spiro atoms. The molecular weight excluding hydrogens is 239 g/mol. The Morgan fingerprint density at radius 1 is 1.24 bits per heavy atom. The Balaban J connectivity index is 0.00000144. The van der Waals surface area contributed by atoms with Gasteiger partial charge in [0, 0.05) is 0 Å². The number of likely N-dealkylation sites (tertiary alicyclic amines) is 1. The topological polar surface area (TPSA) is 27.0 Å². The van der Waals surface area contributed by atoms with Crippen molar-refractivity contribution >= 4 is 0 Å². The predicted molar refractivity (Wildman–Crippen MR) is 60.4 cm³/mol. The molecule has 2 rings (SSSR count). The van der Waals surface area contributed by atoms with Gasteiger partial charge in [-0.25, -0.2) is 4.39 Å². The van der Waals surface area contributed by atoms with Gasteiger partial charge in [0.1, 0.15) is 5.82 Å². The second-order valence-corrected chi connectivity index (χ2v) is 4.50. The molecule has 0 unspecified atom stereocenters. The number of nitrogens with zero attached hydrogens (tertiary/aromatic N) is 2. The summed E-state index contributed by atoms with van der Waals surface area (Å²) in [5, 5.41) is 9.39. The van der Waals surface area contributed by atoms with Crippen LogP contribution >= 0.6 is 0 Å². The van der Waals surface area contributed by atoms with E-state index in [4.69, 9.17) is 0 Å². The molecule has 1 heterocycles. The molecule has 0 atom stereocenters. The lowest BCUT2D eigenvalue weighted by molar-refractivity contribution is -0.00000421. The van der Waals surface area contributed by atoms with Crippen LogP contribution in [0.4, 0.5) is 4.39 Å². The molecule has 1 saturated heterocycles. The summed E-state index contributed by atoms with van der Waals surface area (Å²) in [5.74, 6) is -0.246. The summed E-state index contributed by atoms with van der Waals surface area (Å²) < 4.78 is 12.9. The summed E-state index contributed by atoms with van der Waals surface area (Å²) in [7, 11) is 2.06. The van der Waals surface area contributed by atoms with E-state index in [1.165, 1.54) is 12.1 Å². The first-order valence-electron chi connectivity index (χ1n) is 5.52. The van der Waals surface area contributed by atoms with Crippen LogP contribution < -0.4 is 12.4 Å². The molecule has 0 bridgehead atoms. The summed E-state index contributed by atoms with van der Waals surface area (Å²) in [4.78, 5) is 2.22. The SMILES string of the molecule is CN1CCC(C#N)(c2ccc(F)cc2)CC1.[Cl-]. The largest absolute Gasteiger partial charge is 1.00 e. The van der Waals surface area contributed by atoms with Gasteiger partial charge in [-0.2, -0.15) is 5.26 Å². The van der Waals surface area contributed by atoms with Crippen molar-refractivity contribution in [1.29, 1.82) is 5.26 Å². The standard InChI is InChI=1S/C13H15FN2.ClH/c1-16-8-6-13(10-15,7-9-16)11-2-4-12(14)5-3-11;/h2-5H,6-9H2,1H3;1H/p-1. The molecule has 0 aliphatic carbocycles. The van der Waals surface area contributed by atoms with E-state index in [-0.39, 0.29) is 18.2 Å². The molecule has 0 N–H and O–H groups in total.